The molecule has 6 nitrogen and oxygen atoms in total. The molecule has 23 heavy (non-hydrogen) atoms. The molecule has 0 saturated carbocycles. The highest BCUT2D eigenvalue weighted by Gasteiger charge is 2.42. The molecule has 0 bridgehead atoms. The Bertz CT molecular complexity index is 629. The molecule has 2 amide bonds. The van der Waals surface area contributed by atoms with Gasteiger partial charge in [-0.1, -0.05) is 11.6 Å². The first-order valence-electron chi connectivity index (χ1n) is 6.75. The quantitative estimate of drug-likeness (QED) is 0.875. The Kier molecular flexibility index (Phi) is 4.93. The summed E-state index contributed by atoms with van der Waals surface area (Å²) in [6, 6.07) is 3.39. The first kappa shape index (κ1) is 17.3. The number of likely N-dealkylation sites (tertiary alicyclic amines) is 1. The van der Waals surface area contributed by atoms with Gasteiger partial charge in [0.05, 0.1) is 10.4 Å². The second kappa shape index (κ2) is 6.57. The van der Waals surface area contributed by atoms with Crippen LogP contribution in [0.25, 0.3) is 0 Å². The van der Waals surface area contributed by atoms with Crippen LogP contribution in [0.15, 0.2) is 18.2 Å². The van der Waals surface area contributed by atoms with Crippen LogP contribution in [-0.2, 0) is 4.79 Å². The molecule has 2 rings (SSSR count). The summed E-state index contributed by atoms with van der Waals surface area (Å²) in [6.07, 6.45) is 0.359. The summed E-state index contributed by atoms with van der Waals surface area (Å²) in [5, 5.41) is 11.6. The van der Waals surface area contributed by atoms with E-state index in [0.29, 0.717) is 18.7 Å². The lowest BCUT2D eigenvalue weighted by molar-refractivity contribution is -0.146. The Hall–Kier alpha value is -2.09. The number of alkyl halides is 2. The monoisotopic (exact) mass is 348 g/mol. The highest BCUT2D eigenvalue weighted by atomic mass is 35.5. The molecule has 0 spiro atoms. The van der Waals surface area contributed by atoms with Crippen molar-refractivity contribution in [2.45, 2.75) is 20.0 Å². The summed E-state index contributed by atoms with van der Waals surface area (Å²) < 4.78 is 28.5. The summed E-state index contributed by atoms with van der Waals surface area (Å²) >= 11 is 5.80. The number of anilines is 1. The number of carboxylic acids is 1. The van der Waals surface area contributed by atoms with Crippen LogP contribution >= 0.6 is 11.6 Å². The molecule has 1 atom stereocenters. The van der Waals surface area contributed by atoms with E-state index < -0.39 is 24.0 Å². The fourth-order valence-electron chi connectivity index (χ4n) is 2.28. The molecular weight excluding hydrogens is 334 g/mol. The van der Waals surface area contributed by atoms with E-state index in [-0.39, 0.29) is 17.3 Å². The summed E-state index contributed by atoms with van der Waals surface area (Å²) in [5.41, 5.74) is -0.672. The summed E-state index contributed by atoms with van der Waals surface area (Å²) in [7, 11) is 0. The predicted octanol–water partition coefficient (Wildman–Crippen LogP) is 3.27. The van der Waals surface area contributed by atoms with Gasteiger partial charge in [-0.2, -0.15) is 8.78 Å². The number of benzene rings is 1. The van der Waals surface area contributed by atoms with Crippen molar-refractivity contribution in [1.29, 1.82) is 0 Å². The third-order valence-electron chi connectivity index (χ3n) is 3.68. The molecule has 1 fully saturated rings. The van der Waals surface area contributed by atoms with Gasteiger partial charge < -0.3 is 20.1 Å². The summed E-state index contributed by atoms with van der Waals surface area (Å²) in [6.45, 7) is -1.01. The topological polar surface area (TPSA) is 78.9 Å². The van der Waals surface area contributed by atoms with Crippen LogP contribution in [0.5, 0.6) is 5.75 Å². The average Bonchev–Trinajstić information content (AvgIpc) is 2.86. The number of ether oxygens (including phenoxy) is 1. The van der Waals surface area contributed by atoms with Gasteiger partial charge in [-0.05, 0) is 31.5 Å². The number of amides is 2. The molecule has 1 saturated heterocycles. The molecule has 1 aliphatic rings. The van der Waals surface area contributed by atoms with E-state index in [1.54, 1.807) is 6.92 Å². The Morgan fingerprint density at radius 3 is 2.70 bits per heavy atom. The van der Waals surface area contributed by atoms with Gasteiger partial charge in [0.1, 0.15) is 5.75 Å². The minimum atomic E-state index is -2.99. The average molecular weight is 349 g/mol. The van der Waals surface area contributed by atoms with Crippen molar-refractivity contribution in [3.63, 3.8) is 0 Å². The molecule has 9 heteroatoms. The molecule has 1 aromatic rings. The van der Waals surface area contributed by atoms with Gasteiger partial charge in [0.15, 0.2) is 0 Å². The lowest BCUT2D eigenvalue weighted by Gasteiger charge is -2.20. The number of carboxylic acid groups (broad SMARTS) is 1. The maximum absolute atomic E-state index is 12.1. The van der Waals surface area contributed by atoms with E-state index in [2.05, 4.69) is 10.1 Å². The molecule has 0 radical (unpaired) electrons. The van der Waals surface area contributed by atoms with Crippen molar-refractivity contribution in [3.05, 3.63) is 23.2 Å². The minimum Gasteiger partial charge on any atom is -0.481 e. The minimum absolute atomic E-state index is 0.0695. The van der Waals surface area contributed by atoms with E-state index >= 15 is 0 Å². The largest absolute Gasteiger partial charge is 0.481 e. The number of carbonyl (C=O) groups is 2. The van der Waals surface area contributed by atoms with Crippen molar-refractivity contribution in [2.75, 3.05) is 18.4 Å². The molecule has 0 aromatic heterocycles. The standard InChI is InChI=1S/C14H15ClF2N2O4/c1-14(11(20)21)4-5-19(7-14)13(22)18-8-2-3-10(9(15)6-8)23-12(16)17/h2-3,6,12H,4-5,7H2,1H3,(H,18,22)(H,20,21). The maximum atomic E-state index is 12.1. The molecule has 1 heterocycles. The maximum Gasteiger partial charge on any atom is 0.387 e. The van der Waals surface area contributed by atoms with E-state index in [1.165, 1.54) is 23.1 Å². The molecule has 126 valence electrons. The zero-order valence-electron chi connectivity index (χ0n) is 12.2. The Morgan fingerprint density at radius 1 is 1.48 bits per heavy atom. The number of nitrogens with one attached hydrogen (secondary N) is 1. The van der Waals surface area contributed by atoms with Crippen LogP contribution in [0.1, 0.15) is 13.3 Å². The number of nitrogens with zero attached hydrogens (tertiary/aromatic N) is 1. The third kappa shape index (κ3) is 4.01. The molecule has 0 aliphatic carbocycles. The molecule has 1 unspecified atom stereocenters. The normalized spacial score (nSPS) is 20.7. The lowest BCUT2D eigenvalue weighted by Crippen LogP contribution is -2.37. The van der Waals surface area contributed by atoms with E-state index in [1.807, 2.05) is 0 Å². The Morgan fingerprint density at radius 2 is 2.17 bits per heavy atom. The van der Waals surface area contributed by atoms with Crippen LogP contribution < -0.4 is 10.1 Å². The Labute approximate surface area is 136 Å². The van der Waals surface area contributed by atoms with Crippen LogP contribution in [0.3, 0.4) is 0 Å². The van der Waals surface area contributed by atoms with Crippen molar-refractivity contribution < 1.29 is 28.2 Å². The number of rotatable bonds is 4. The van der Waals surface area contributed by atoms with Crippen molar-refractivity contribution >= 4 is 29.3 Å². The fourth-order valence-corrected chi connectivity index (χ4v) is 2.51. The molecule has 1 aliphatic heterocycles. The van der Waals surface area contributed by atoms with Gasteiger partial charge in [-0.3, -0.25) is 4.79 Å². The van der Waals surface area contributed by atoms with Crippen LogP contribution in [0, 0.1) is 5.41 Å². The van der Waals surface area contributed by atoms with Crippen LogP contribution in [-0.4, -0.2) is 41.7 Å². The highest BCUT2D eigenvalue weighted by Crippen LogP contribution is 2.32. The van der Waals surface area contributed by atoms with E-state index in [4.69, 9.17) is 16.7 Å². The molecule has 2 N–H and O–H groups in total. The second-order valence-corrected chi connectivity index (χ2v) is 5.90. The van der Waals surface area contributed by atoms with Crippen LogP contribution in [0.2, 0.25) is 5.02 Å². The van der Waals surface area contributed by atoms with Gasteiger partial charge >= 0.3 is 18.6 Å². The van der Waals surface area contributed by atoms with E-state index in [9.17, 15) is 18.4 Å². The molecular formula is C14H15ClF2N2O4. The van der Waals surface area contributed by atoms with Gasteiger partial charge in [0, 0.05) is 18.8 Å². The van der Waals surface area contributed by atoms with Crippen molar-refractivity contribution in [1.82, 2.24) is 4.90 Å². The number of urea groups is 1. The lowest BCUT2D eigenvalue weighted by atomic mass is 9.90. The first-order valence-corrected chi connectivity index (χ1v) is 7.13. The van der Waals surface area contributed by atoms with Gasteiger partial charge in [-0.15, -0.1) is 0 Å². The van der Waals surface area contributed by atoms with Crippen LogP contribution in [0.4, 0.5) is 19.3 Å². The highest BCUT2D eigenvalue weighted by molar-refractivity contribution is 6.32. The Balaban J connectivity index is 2.01. The SMILES string of the molecule is CC1(C(=O)O)CCN(C(=O)Nc2ccc(OC(F)F)c(Cl)c2)C1. The third-order valence-corrected chi connectivity index (χ3v) is 3.97. The number of halogens is 3. The van der Waals surface area contributed by atoms with E-state index in [0.717, 1.165) is 0 Å². The number of carbonyl (C=O) groups excluding carboxylic acids is 1. The molecule has 1 aromatic carbocycles. The van der Waals surface area contributed by atoms with Gasteiger partial charge in [0.2, 0.25) is 0 Å². The summed E-state index contributed by atoms with van der Waals surface area (Å²) in [5.74, 6) is -1.15. The summed E-state index contributed by atoms with van der Waals surface area (Å²) in [4.78, 5) is 24.7. The zero-order chi connectivity index (χ0) is 17.2. The van der Waals surface area contributed by atoms with Gasteiger partial charge in [-0.25, -0.2) is 4.79 Å². The first-order chi connectivity index (χ1) is 10.7. The second-order valence-electron chi connectivity index (χ2n) is 5.49. The van der Waals surface area contributed by atoms with Crippen molar-refractivity contribution in [3.8, 4) is 5.75 Å². The van der Waals surface area contributed by atoms with Gasteiger partial charge in [0.25, 0.3) is 0 Å². The fraction of sp³-hybridized carbons (Fsp3) is 0.429. The smallest absolute Gasteiger partial charge is 0.387 e. The number of hydrogen-bond donors (Lipinski definition) is 2. The van der Waals surface area contributed by atoms with Crippen molar-refractivity contribution in [2.24, 2.45) is 5.41 Å². The number of aliphatic carboxylic acids is 1. The zero-order valence-corrected chi connectivity index (χ0v) is 12.9. The number of hydrogen-bond acceptors (Lipinski definition) is 3. The predicted molar refractivity (Wildman–Crippen MR) is 79.0 cm³/mol.